The lowest BCUT2D eigenvalue weighted by atomic mass is 9.99. The maximum atomic E-state index is 12.7. The fraction of sp³-hybridized carbons (Fsp3) is 0.286. The van der Waals surface area contributed by atoms with E-state index in [1.165, 1.54) is 6.07 Å². The van der Waals surface area contributed by atoms with Crippen LogP contribution in [0, 0.1) is 0 Å². The number of fused-ring (bicyclic) bond motifs is 1. The highest BCUT2D eigenvalue weighted by molar-refractivity contribution is 5.93. The Bertz CT molecular complexity index is 1300. The van der Waals surface area contributed by atoms with E-state index < -0.39 is 94.0 Å². The van der Waals surface area contributed by atoms with Gasteiger partial charge in [0.05, 0.1) is 6.61 Å². The molecule has 0 bridgehead atoms. The summed E-state index contributed by atoms with van der Waals surface area (Å²) in [4.78, 5) is 12.7. The van der Waals surface area contributed by atoms with Gasteiger partial charge in [-0.1, -0.05) is 0 Å². The van der Waals surface area contributed by atoms with Crippen molar-refractivity contribution in [1.82, 2.24) is 0 Å². The molecule has 34 heavy (non-hydrogen) atoms. The summed E-state index contributed by atoms with van der Waals surface area (Å²) in [5, 5.41) is 89.1. The zero-order chi connectivity index (χ0) is 24.9. The van der Waals surface area contributed by atoms with Crippen LogP contribution in [0.3, 0.4) is 0 Å². The van der Waals surface area contributed by atoms with Gasteiger partial charge in [-0.05, 0) is 18.2 Å². The van der Waals surface area contributed by atoms with Gasteiger partial charge in [0, 0.05) is 11.6 Å². The highest BCUT2D eigenvalue weighted by atomic mass is 16.7. The van der Waals surface area contributed by atoms with Crippen LogP contribution < -0.4 is 10.2 Å². The molecule has 0 saturated carbocycles. The van der Waals surface area contributed by atoms with E-state index in [4.69, 9.17) is 13.9 Å². The number of aliphatic hydroxyl groups excluding tert-OH is 4. The average molecular weight is 480 g/mol. The minimum absolute atomic E-state index is 0.0639. The van der Waals surface area contributed by atoms with Gasteiger partial charge >= 0.3 is 0 Å². The molecule has 0 radical (unpaired) electrons. The van der Waals surface area contributed by atoms with Crippen molar-refractivity contribution in [1.29, 1.82) is 0 Å². The summed E-state index contributed by atoms with van der Waals surface area (Å²) in [6.45, 7) is -0.739. The molecule has 1 aromatic heterocycles. The van der Waals surface area contributed by atoms with Gasteiger partial charge in [-0.3, -0.25) is 4.79 Å². The summed E-state index contributed by atoms with van der Waals surface area (Å²) in [7, 11) is 0. The van der Waals surface area contributed by atoms with E-state index in [-0.39, 0.29) is 5.56 Å². The lowest BCUT2D eigenvalue weighted by Crippen LogP contribution is -2.60. The molecule has 4 rings (SSSR count). The van der Waals surface area contributed by atoms with Crippen LogP contribution >= 0.6 is 0 Å². The Labute approximate surface area is 189 Å². The van der Waals surface area contributed by atoms with E-state index in [9.17, 15) is 50.8 Å². The second-order valence-electron chi connectivity index (χ2n) is 7.57. The van der Waals surface area contributed by atoms with E-state index in [2.05, 4.69) is 0 Å². The van der Waals surface area contributed by atoms with Gasteiger partial charge in [-0.2, -0.15) is 0 Å². The molecule has 0 aliphatic carbocycles. The van der Waals surface area contributed by atoms with Crippen molar-refractivity contribution >= 4 is 11.0 Å². The first-order chi connectivity index (χ1) is 16.0. The van der Waals surface area contributed by atoms with Crippen molar-refractivity contribution in [2.24, 2.45) is 0 Å². The fourth-order valence-corrected chi connectivity index (χ4v) is 3.54. The molecular weight excluding hydrogens is 460 g/mol. The van der Waals surface area contributed by atoms with Crippen LogP contribution in [0.15, 0.2) is 33.5 Å². The second-order valence-corrected chi connectivity index (χ2v) is 7.57. The highest BCUT2D eigenvalue weighted by Crippen LogP contribution is 2.44. The molecule has 2 heterocycles. The number of ether oxygens (including phenoxy) is 2. The van der Waals surface area contributed by atoms with Crippen molar-refractivity contribution in [3.63, 3.8) is 0 Å². The normalized spacial score (nSPS) is 24.9. The Balaban J connectivity index is 1.83. The standard InChI is InChI=1S/C21H20O13/c22-5-11-13(26)16(29)18(31)21(33-11)32-10-4-9(25)12-15(28)17(30)19(34-20(12)14(10)27)6-1-2-7(23)8(24)3-6/h1-4,11,13,16,18,21-27,29-31H,5H2/t11-,13-,16+,18-,21+/m1/s1. The number of benzene rings is 2. The molecule has 1 fully saturated rings. The first-order valence-corrected chi connectivity index (χ1v) is 9.79. The van der Waals surface area contributed by atoms with Crippen LogP contribution in [0.1, 0.15) is 0 Å². The van der Waals surface area contributed by atoms with Crippen molar-refractivity contribution < 1.29 is 59.8 Å². The Kier molecular flexibility index (Phi) is 5.89. The number of hydrogen-bond acceptors (Lipinski definition) is 13. The molecule has 9 N–H and O–H groups in total. The Hall–Kier alpha value is -3.75. The van der Waals surface area contributed by atoms with Crippen molar-refractivity contribution in [2.45, 2.75) is 30.7 Å². The van der Waals surface area contributed by atoms with Crippen LogP contribution in [-0.4, -0.2) is 83.3 Å². The van der Waals surface area contributed by atoms with Crippen LogP contribution in [0.2, 0.25) is 0 Å². The molecular formula is C21H20O13. The minimum Gasteiger partial charge on any atom is -0.507 e. The summed E-state index contributed by atoms with van der Waals surface area (Å²) in [6.07, 6.45) is -8.32. The monoisotopic (exact) mass is 480 g/mol. The predicted molar refractivity (Wildman–Crippen MR) is 111 cm³/mol. The van der Waals surface area contributed by atoms with Crippen molar-refractivity contribution in [2.75, 3.05) is 6.61 Å². The van der Waals surface area contributed by atoms with Gasteiger partial charge in [0.1, 0.15) is 35.6 Å². The topological polar surface area (TPSA) is 231 Å². The number of aromatic hydroxyl groups is 5. The summed E-state index contributed by atoms with van der Waals surface area (Å²) in [5.74, 6) is -4.80. The summed E-state index contributed by atoms with van der Waals surface area (Å²) < 4.78 is 16.0. The van der Waals surface area contributed by atoms with Crippen LogP contribution in [0.4, 0.5) is 0 Å². The molecule has 1 saturated heterocycles. The Morgan fingerprint density at radius 1 is 0.853 bits per heavy atom. The zero-order valence-electron chi connectivity index (χ0n) is 17.1. The molecule has 3 aromatic rings. The number of phenolic OH excluding ortho intramolecular Hbond substituents is 4. The van der Waals surface area contributed by atoms with Crippen molar-refractivity contribution in [3.8, 4) is 45.8 Å². The highest BCUT2D eigenvalue weighted by Gasteiger charge is 2.45. The minimum atomic E-state index is -1.84. The maximum Gasteiger partial charge on any atom is 0.238 e. The molecule has 1 aliphatic heterocycles. The molecule has 182 valence electrons. The van der Waals surface area contributed by atoms with E-state index in [0.29, 0.717) is 0 Å². The van der Waals surface area contributed by atoms with E-state index in [1.54, 1.807) is 0 Å². The first kappa shape index (κ1) is 23.4. The molecule has 1 aliphatic rings. The van der Waals surface area contributed by atoms with Gasteiger partial charge in [0.25, 0.3) is 0 Å². The summed E-state index contributed by atoms with van der Waals surface area (Å²) in [5.41, 5.74) is -1.85. The van der Waals surface area contributed by atoms with Gasteiger partial charge in [-0.25, -0.2) is 0 Å². The number of phenols is 4. The van der Waals surface area contributed by atoms with E-state index in [1.807, 2.05) is 0 Å². The number of aliphatic hydroxyl groups is 4. The third-order valence-corrected chi connectivity index (χ3v) is 5.39. The number of rotatable bonds is 4. The molecule has 0 unspecified atom stereocenters. The third kappa shape index (κ3) is 3.70. The van der Waals surface area contributed by atoms with E-state index in [0.717, 1.165) is 18.2 Å². The van der Waals surface area contributed by atoms with Gasteiger partial charge < -0.3 is 59.8 Å². The molecule has 5 atom stereocenters. The van der Waals surface area contributed by atoms with Crippen LogP contribution in [0.5, 0.6) is 34.5 Å². The molecule has 2 aromatic carbocycles. The van der Waals surface area contributed by atoms with E-state index >= 15 is 0 Å². The molecule has 0 amide bonds. The van der Waals surface area contributed by atoms with Gasteiger partial charge in [0.2, 0.25) is 23.2 Å². The van der Waals surface area contributed by atoms with Gasteiger partial charge in [-0.15, -0.1) is 0 Å². The van der Waals surface area contributed by atoms with Crippen LogP contribution in [-0.2, 0) is 4.74 Å². The Morgan fingerprint density at radius 3 is 2.21 bits per heavy atom. The quantitative estimate of drug-likeness (QED) is 0.164. The third-order valence-electron chi connectivity index (χ3n) is 5.39. The zero-order valence-corrected chi connectivity index (χ0v) is 17.1. The molecule has 13 heteroatoms. The summed E-state index contributed by atoms with van der Waals surface area (Å²) >= 11 is 0. The SMILES string of the molecule is O=c1c(O)c(-c2ccc(O)c(O)c2)oc2c(O)c(O[C@H]3O[C@H](CO)[C@@H](O)[C@H](O)[C@H]3O)cc(O)c12. The van der Waals surface area contributed by atoms with Crippen LogP contribution in [0.25, 0.3) is 22.3 Å². The molecule has 0 spiro atoms. The molecule has 13 nitrogen and oxygen atoms in total. The second kappa shape index (κ2) is 8.55. The Morgan fingerprint density at radius 2 is 1.56 bits per heavy atom. The number of hydrogen-bond donors (Lipinski definition) is 9. The predicted octanol–water partition coefficient (Wildman–Crippen LogP) is -0.833. The average Bonchev–Trinajstić information content (AvgIpc) is 2.81. The maximum absolute atomic E-state index is 12.7. The smallest absolute Gasteiger partial charge is 0.238 e. The lowest BCUT2D eigenvalue weighted by molar-refractivity contribution is -0.277. The van der Waals surface area contributed by atoms with Crippen molar-refractivity contribution in [3.05, 3.63) is 34.5 Å². The van der Waals surface area contributed by atoms with Gasteiger partial charge in [0.15, 0.2) is 28.6 Å². The summed E-state index contributed by atoms with van der Waals surface area (Å²) in [6, 6.07) is 4.00. The lowest BCUT2D eigenvalue weighted by Gasteiger charge is -2.39. The fourth-order valence-electron chi connectivity index (χ4n) is 3.54. The largest absolute Gasteiger partial charge is 0.507 e. The first-order valence-electron chi connectivity index (χ1n) is 9.79.